The van der Waals surface area contributed by atoms with Crippen LogP contribution >= 0.6 is 0 Å². The Morgan fingerprint density at radius 3 is 2.79 bits per heavy atom. The van der Waals surface area contributed by atoms with Gasteiger partial charge in [0.1, 0.15) is 0 Å². The van der Waals surface area contributed by atoms with Crippen molar-refractivity contribution >= 4 is 45.3 Å². The van der Waals surface area contributed by atoms with Crippen molar-refractivity contribution in [2.75, 3.05) is 18.5 Å². The molecule has 8 heteroatoms. The Kier molecular flexibility index (Phi) is 5.13. The maximum absolute atomic E-state index is 13.4. The number of aryl methyl sites for hydroxylation is 1. The SMILES string of the molecule is C=CC(=O)N1CCc2ccc(-n3c(=O)n(C)c4cnc5ccc(/C(C=NC)=C/N)cc5c43)cc21. The predicted molar refractivity (Wildman–Crippen MR) is 137 cm³/mol. The third-order valence-corrected chi connectivity index (χ3v) is 6.33. The molecule has 8 nitrogen and oxygen atoms in total. The molecular weight excluding hydrogens is 428 g/mol. The molecule has 1 amide bonds. The van der Waals surface area contributed by atoms with E-state index in [1.807, 2.05) is 36.4 Å². The highest BCUT2D eigenvalue weighted by atomic mass is 16.2. The molecule has 170 valence electrons. The summed E-state index contributed by atoms with van der Waals surface area (Å²) in [5.41, 5.74) is 12.0. The lowest BCUT2D eigenvalue weighted by Crippen LogP contribution is -2.27. The lowest BCUT2D eigenvalue weighted by Gasteiger charge is -2.16. The summed E-state index contributed by atoms with van der Waals surface area (Å²) in [5, 5.41) is 0.816. The van der Waals surface area contributed by atoms with Crippen LogP contribution in [0.4, 0.5) is 5.69 Å². The standard InChI is InChI=1S/C26H24N6O2/c1-4-24(33)31-10-9-16-5-7-19(12-22(16)31)32-25-20-11-17(18(13-27)14-28-2)6-8-21(20)29-15-23(25)30(3)26(32)34/h4-8,11-15H,1,9-10,27H2,2-3H3/b18-13+,28-14?. The van der Waals surface area contributed by atoms with Gasteiger partial charge in [0.15, 0.2) is 0 Å². The summed E-state index contributed by atoms with van der Waals surface area (Å²) in [5.74, 6) is -0.154. The molecular formula is C26H24N6O2. The van der Waals surface area contributed by atoms with Gasteiger partial charge in [0.05, 0.1) is 28.4 Å². The van der Waals surface area contributed by atoms with E-state index in [4.69, 9.17) is 5.73 Å². The van der Waals surface area contributed by atoms with Crippen LogP contribution in [0.3, 0.4) is 0 Å². The van der Waals surface area contributed by atoms with E-state index in [1.165, 1.54) is 12.3 Å². The van der Waals surface area contributed by atoms with Crippen LogP contribution in [0.1, 0.15) is 11.1 Å². The Hall–Kier alpha value is -4.46. The van der Waals surface area contributed by atoms with Gasteiger partial charge in [0, 0.05) is 49.7 Å². The number of hydrogen-bond acceptors (Lipinski definition) is 5. The quantitative estimate of drug-likeness (QED) is 0.380. The third-order valence-electron chi connectivity index (χ3n) is 6.33. The predicted octanol–water partition coefficient (Wildman–Crippen LogP) is 2.95. The number of anilines is 1. The Balaban J connectivity index is 1.81. The summed E-state index contributed by atoms with van der Waals surface area (Å²) in [6, 6.07) is 11.6. The van der Waals surface area contributed by atoms with Gasteiger partial charge in [-0.3, -0.25) is 23.9 Å². The fourth-order valence-electron chi connectivity index (χ4n) is 4.62. The van der Waals surface area contributed by atoms with E-state index in [2.05, 4.69) is 16.6 Å². The fourth-order valence-corrected chi connectivity index (χ4v) is 4.62. The third kappa shape index (κ3) is 3.14. The van der Waals surface area contributed by atoms with Crippen molar-refractivity contribution in [2.45, 2.75) is 6.42 Å². The number of imidazole rings is 1. The van der Waals surface area contributed by atoms with Crippen LogP contribution < -0.4 is 16.3 Å². The second kappa shape index (κ2) is 8.15. The van der Waals surface area contributed by atoms with Gasteiger partial charge in [-0.05, 0) is 47.9 Å². The molecule has 0 bridgehead atoms. The number of benzene rings is 2. The zero-order valence-corrected chi connectivity index (χ0v) is 19.0. The zero-order valence-electron chi connectivity index (χ0n) is 19.0. The van der Waals surface area contributed by atoms with Crippen LogP contribution in [0.5, 0.6) is 0 Å². The lowest BCUT2D eigenvalue weighted by molar-refractivity contribution is -0.114. The van der Waals surface area contributed by atoms with E-state index in [9.17, 15) is 9.59 Å². The Morgan fingerprint density at radius 2 is 2.06 bits per heavy atom. The van der Waals surface area contributed by atoms with Gasteiger partial charge in [0.2, 0.25) is 5.91 Å². The number of aromatic nitrogens is 3. The number of allylic oxidation sites excluding steroid dienone is 1. The molecule has 0 atom stereocenters. The van der Waals surface area contributed by atoms with Gasteiger partial charge >= 0.3 is 5.69 Å². The largest absolute Gasteiger partial charge is 0.404 e. The van der Waals surface area contributed by atoms with E-state index in [-0.39, 0.29) is 11.6 Å². The molecule has 1 aliphatic rings. The van der Waals surface area contributed by atoms with Gasteiger partial charge in [-0.25, -0.2) is 4.79 Å². The van der Waals surface area contributed by atoms with Crippen molar-refractivity contribution < 1.29 is 4.79 Å². The summed E-state index contributed by atoms with van der Waals surface area (Å²) in [4.78, 5) is 36.2. The molecule has 34 heavy (non-hydrogen) atoms. The highest BCUT2D eigenvalue weighted by molar-refractivity contribution is 6.12. The van der Waals surface area contributed by atoms with Gasteiger partial charge in [-0.15, -0.1) is 0 Å². The number of aliphatic imine (C=N–C) groups is 1. The molecule has 2 N–H and O–H groups in total. The molecule has 0 spiro atoms. The summed E-state index contributed by atoms with van der Waals surface area (Å²) in [7, 11) is 3.42. The topological polar surface area (TPSA) is 98.5 Å². The molecule has 0 radical (unpaired) electrons. The van der Waals surface area contributed by atoms with E-state index in [0.29, 0.717) is 17.7 Å². The van der Waals surface area contributed by atoms with Gasteiger partial charge < -0.3 is 10.6 Å². The van der Waals surface area contributed by atoms with E-state index < -0.39 is 0 Å². The first kappa shape index (κ1) is 21.4. The summed E-state index contributed by atoms with van der Waals surface area (Å²) in [6.07, 6.45) is 6.99. The first-order chi connectivity index (χ1) is 16.5. The van der Waals surface area contributed by atoms with Crippen molar-refractivity contribution in [3.63, 3.8) is 0 Å². The molecule has 2 aromatic carbocycles. The molecule has 0 unspecified atom stereocenters. The average molecular weight is 453 g/mol. The molecule has 0 saturated heterocycles. The molecule has 0 fully saturated rings. The minimum Gasteiger partial charge on any atom is -0.404 e. The van der Waals surface area contributed by atoms with Crippen LogP contribution in [-0.4, -0.2) is 39.8 Å². The van der Waals surface area contributed by atoms with E-state index in [1.54, 1.807) is 40.5 Å². The monoisotopic (exact) mass is 452 g/mol. The number of carbonyl (C=O) groups excluding carboxylic acids is 1. The van der Waals surface area contributed by atoms with Crippen molar-refractivity contribution in [3.05, 3.63) is 83.1 Å². The van der Waals surface area contributed by atoms with Crippen LogP contribution in [0.2, 0.25) is 0 Å². The van der Waals surface area contributed by atoms with E-state index in [0.717, 1.165) is 45.2 Å². The number of nitrogens with zero attached hydrogens (tertiary/aromatic N) is 5. The summed E-state index contributed by atoms with van der Waals surface area (Å²) < 4.78 is 3.26. The van der Waals surface area contributed by atoms with Gasteiger partial charge in [0.25, 0.3) is 0 Å². The number of fused-ring (bicyclic) bond motifs is 4. The average Bonchev–Trinajstić information content (AvgIpc) is 3.40. The van der Waals surface area contributed by atoms with Crippen LogP contribution in [0.15, 0.2) is 71.2 Å². The number of rotatable bonds is 4. The number of carbonyl (C=O) groups is 1. The summed E-state index contributed by atoms with van der Waals surface area (Å²) >= 11 is 0. The molecule has 4 aromatic rings. The summed E-state index contributed by atoms with van der Waals surface area (Å²) in [6.45, 7) is 4.21. The molecule has 1 aliphatic heterocycles. The van der Waals surface area contributed by atoms with Crippen molar-refractivity contribution in [3.8, 4) is 5.69 Å². The molecule has 0 saturated carbocycles. The highest BCUT2D eigenvalue weighted by Crippen LogP contribution is 2.33. The second-order valence-corrected chi connectivity index (χ2v) is 8.17. The maximum atomic E-state index is 13.4. The lowest BCUT2D eigenvalue weighted by atomic mass is 10.0. The first-order valence-corrected chi connectivity index (χ1v) is 10.9. The van der Waals surface area contributed by atoms with Crippen molar-refractivity contribution in [2.24, 2.45) is 17.8 Å². The number of amides is 1. The van der Waals surface area contributed by atoms with Gasteiger partial charge in [-0.1, -0.05) is 18.7 Å². The van der Waals surface area contributed by atoms with Crippen molar-refractivity contribution in [1.29, 1.82) is 0 Å². The minimum absolute atomic E-state index is 0.154. The molecule has 2 aromatic heterocycles. The molecule has 5 rings (SSSR count). The van der Waals surface area contributed by atoms with Crippen molar-refractivity contribution in [1.82, 2.24) is 14.1 Å². The fraction of sp³-hybridized carbons (Fsp3) is 0.154. The van der Waals surface area contributed by atoms with Crippen LogP contribution in [-0.2, 0) is 18.3 Å². The highest BCUT2D eigenvalue weighted by Gasteiger charge is 2.25. The Morgan fingerprint density at radius 1 is 1.24 bits per heavy atom. The Labute approximate surface area is 196 Å². The smallest absolute Gasteiger partial charge is 0.333 e. The number of hydrogen-bond donors (Lipinski definition) is 1. The maximum Gasteiger partial charge on any atom is 0.333 e. The zero-order chi connectivity index (χ0) is 24.0. The number of pyridine rings is 1. The second-order valence-electron chi connectivity index (χ2n) is 8.17. The number of nitrogens with two attached hydrogens (primary N) is 1. The normalized spacial score (nSPS) is 13.8. The van der Waals surface area contributed by atoms with Crippen LogP contribution in [0.25, 0.3) is 33.2 Å². The first-order valence-electron chi connectivity index (χ1n) is 10.9. The molecule has 0 aliphatic carbocycles. The van der Waals surface area contributed by atoms with Gasteiger partial charge in [-0.2, -0.15) is 0 Å². The van der Waals surface area contributed by atoms with E-state index >= 15 is 0 Å². The molecule has 3 heterocycles. The Bertz CT molecular complexity index is 1610. The van der Waals surface area contributed by atoms with Crippen LogP contribution in [0, 0.1) is 0 Å². The minimum atomic E-state index is -0.195.